The number of allylic oxidation sites excluding steroid dienone is 2. The average molecular weight is 162 g/mol. The summed E-state index contributed by atoms with van der Waals surface area (Å²) in [6.45, 7) is 6.61. The minimum Gasteiger partial charge on any atom is -0.0775 e. The first kappa shape index (κ1) is 8.40. The third-order valence-corrected chi connectivity index (χ3v) is 4.43. The van der Waals surface area contributed by atoms with Crippen molar-refractivity contribution in [2.24, 2.45) is 0 Å². The summed E-state index contributed by atoms with van der Waals surface area (Å²) in [5.41, 5.74) is 6.12. The highest BCUT2D eigenvalue weighted by molar-refractivity contribution is 6.69. The highest BCUT2D eigenvalue weighted by Gasteiger charge is 1.95. The predicted octanol–water partition coefficient (Wildman–Crippen LogP) is 2.98. The molecule has 0 bridgehead atoms. The fourth-order valence-electron chi connectivity index (χ4n) is 0.977. The largest absolute Gasteiger partial charge is 0.0775 e. The highest BCUT2D eigenvalue weighted by atomic mass is 28.2. The Hall–Kier alpha value is -0.693. The van der Waals surface area contributed by atoms with Gasteiger partial charge in [-0.3, -0.25) is 0 Å². The van der Waals surface area contributed by atoms with Crippen LogP contribution in [-0.2, 0) is 0 Å². The minimum absolute atomic E-state index is 0.438. The molecule has 1 heteroatoms. The second-order valence-corrected chi connectivity index (χ2v) is 5.32. The van der Waals surface area contributed by atoms with Crippen molar-refractivity contribution in [1.29, 1.82) is 0 Å². The van der Waals surface area contributed by atoms with Gasteiger partial charge in [-0.1, -0.05) is 40.3 Å². The van der Waals surface area contributed by atoms with E-state index in [0.717, 1.165) is 0 Å². The summed E-state index contributed by atoms with van der Waals surface area (Å²) in [5, 5.41) is 1.57. The van der Waals surface area contributed by atoms with Crippen molar-refractivity contribution < 1.29 is 0 Å². The zero-order valence-electron chi connectivity index (χ0n) is 7.39. The van der Waals surface area contributed by atoms with Crippen LogP contribution in [0.4, 0.5) is 0 Å². The van der Waals surface area contributed by atoms with Crippen LogP contribution in [0.1, 0.15) is 20.8 Å². The van der Waals surface area contributed by atoms with E-state index >= 15 is 0 Å². The number of rotatable bonds is 1. The molecule has 0 N–H and O–H groups in total. The molecule has 0 spiro atoms. The second-order valence-electron chi connectivity index (χ2n) is 2.99. The van der Waals surface area contributed by atoms with E-state index in [1.165, 1.54) is 5.57 Å². The van der Waals surface area contributed by atoms with E-state index in [0.29, 0.717) is 0 Å². The minimum atomic E-state index is -0.438. The molecule has 0 nitrogen and oxygen atoms in total. The Kier molecular flexibility index (Phi) is 2.77. The quantitative estimate of drug-likeness (QED) is 0.557. The summed E-state index contributed by atoms with van der Waals surface area (Å²) in [6, 6.07) is 6.40. The van der Waals surface area contributed by atoms with Crippen LogP contribution >= 0.6 is 0 Å². The van der Waals surface area contributed by atoms with Crippen molar-refractivity contribution in [3.63, 3.8) is 0 Å². The van der Waals surface area contributed by atoms with Crippen LogP contribution in [0.15, 0.2) is 35.1 Å². The maximum atomic E-state index is 2.33. The van der Waals surface area contributed by atoms with E-state index in [9.17, 15) is 0 Å². The van der Waals surface area contributed by atoms with Gasteiger partial charge in [-0.15, -0.1) is 0 Å². The van der Waals surface area contributed by atoms with Gasteiger partial charge in [0.2, 0.25) is 0 Å². The molecule has 0 aliphatic heterocycles. The van der Waals surface area contributed by atoms with E-state index in [1.807, 2.05) is 0 Å². The van der Waals surface area contributed by atoms with Gasteiger partial charge in [0.05, 0.1) is 8.40 Å². The lowest BCUT2D eigenvalue weighted by Crippen LogP contribution is -1.95. The molecule has 0 fully saturated rings. The molecule has 0 radical (unpaired) electrons. The van der Waals surface area contributed by atoms with E-state index in [4.69, 9.17) is 0 Å². The molecule has 58 valence electrons. The first-order chi connectivity index (χ1) is 5.22. The molecule has 1 aromatic rings. The fourth-order valence-corrected chi connectivity index (χ4v) is 2.80. The molecule has 11 heavy (non-hydrogen) atoms. The molecule has 1 aromatic heterocycles. The van der Waals surface area contributed by atoms with Gasteiger partial charge < -0.3 is 0 Å². The monoisotopic (exact) mass is 162 g/mol. The Morgan fingerprint density at radius 3 is 1.91 bits per heavy atom. The van der Waals surface area contributed by atoms with Gasteiger partial charge in [-0.2, -0.15) is 0 Å². The van der Waals surface area contributed by atoms with E-state index in [-0.39, 0.29) is 0 Å². The SMILES string of the molecule is CC(C)=C(C)[si]1ccccc1. The van der Waals surface area contributed by atoms with Gasteiger partial charge in [-0.05, 0) is 20.8 Å². The van der Waals surface area contributed by atoms with E-state index < -0.39 is 8.40 Å². The summed E-state index contributed by atoms with van der Waals surface area (Å²) < 4.78 is 0. The molecule has 0 unspecified atom stereocenters. The molecule has 1 rings (SSSR count). The maximum absolute atomic E-state index is 2.33. The Balaban J connectivity index is 3.04. The Labute approximate surface area is 70.1 Å². The van der Waals surface area contributed by atoms with Crippen molar-refractivity contribution in [2.75, 3.05) is 0 Å². The van der Waals surface area contributed by atoms with Gasteiger partial charge >= 0.3 is 0 Å². The lowest BCUT2D eigenvalue weighted by atomic mass is 10.3. The van der Waals surface area contributed by atoms with Crippen molar-refractivity contribution in [3.05, 3.63) is 35.1 Å². The van der Waals surface area contributed by atoms with Gasteiger partial charge in [0, 0.05) is 0 Å². The lowest BCUT2D eigenvalue weighted by Gasteiger charge is -2.01. The van der Waals surface area contributed by atoms with Crippen LogP contribution in [0, 0.1) is 0 Å². The van der Waals surface area contributed by atoms with Gasteiger partial charge in [0.15, 0.2) is 0 Å². The maximum Gasteiger partial charge on any atom is 0.0676 e. The topological polar surface area (TPSA) is 0 Å². The van der Waals surface area contributed by atoms with Crippen LogP contribution in [0.2, 0.25) is 0 Å². The molecule has 0 saturated heterocycles. The normalized spacial score (nSPS) is 9.36. The molecule has 0 amide bonds. The molecule has 0 aliphatic carbocycles. The molecule has 1 heterocycles. The Bertz CT molecular complexity index is 255. The summed E-state index contributed by atoms with van der Waals surface area (Å²) >= 11 is 0. The standard InChI is InChI=1S/C10H14Si/c1-9(2)10(3)11-7-5-4-6-8-11/h4-8H,1-3H3. The van der Waals surface area contributed by atoms with E-state index in [1.54, 1.807) is 5.20 Å². The molecule has 0 aromatic carbocycles. The predicted molar refractivity (Wildman–Crippen MR) is 52.6 cm³/mol. The molecule has 0 saturated carbocycles. The van der Waals surface area contributed by atoms with Gasteiger partial charge in [0.1, 0.15) is 0 Å². The first-order valence-electron chi connectivity index (χ1n) is 3.91. The molecule has 0 aliphatic rings. The zero-order chi connectivity index (χ0) is 8.27. The third-order valence-electron chi connectivity index (χ3n) is 1.96. The number of hydrogen-bond donors (Lipinski definition) is 0. The first-order valence-corrected chi connectivity index (χ1v) is 5.57. The van der Waals surface area contributed by atoms with Crippen molar-refractivity contribution in [3.8, 4) is 0 Å². The third kappa shape index (κ3) is 2.12. The van der Waals surface area contributed by atoms with E-state index in [2.05, 4.69) is 50.3 Å². The summed E-state index contributed by atoms with van der Waals surface area (Å²) in [6.07, 6.45) is 0. The summed E-state index contributed by atoms with van der Waals surface area (Å²) in [7, 11) is -0.438. The van der Waals surface area contributed by atoms with Crippen LogP contribution < -0.4 is 0 Å². The fraction of sp³-hybridized carbons (Fsp3) is 0.300. The van der Waals surface area contributed by atoms with Crippen molar-refractivity contribution in [2.45, 2.75) is 20.8 Å². The van der Waals surface area contributed by atoms with Crippen LogP contribution in [-0.4, -0.2) is 8.40 Å². The van der Waals surface area contributed by atoms with Crippen molar-refractivity contribution in [1.82, 2.24) is 0 Å². The molecule has 0 atom stereocenters. The average Bonchev–Trinajstić information content (AvgIpc) is 2.05. The van der Waals surface area contributed by atoms with Gasteiger partial charge in [-0.25, -0.2) is 0 Å². The molecular weight excluding hydrogens is 148 g/mol. The van der Waals surface area contributed by atoms with Crippen LogP contribution in [0.25, 0.3) is 5.20 Å². The zero-order valence-corrected chi connectivity index (χ0v) is 8.39. The second kappa shape index (κ2) is 3.63. The van der Waals surface area contributed by atoms with Crippen LogP contribution in [0.5, 0.6) is 0 Å². The Morgan fingerprint density at radius 1 is 0.909 bits per heavy atom. The van der Waals surface area contributed by atoms with Crippen LogP contribution in [0.3, 0.4) is 0 Å². The highest BCUT2D eigenvalue weighted by Crippen LogP contribution is 2.06. The number of hydrogen-bond acceptors (Lipinski definition) is 0. The lowest BCUT2D eigenvalue weighted by molar-refractivity contribution is 1.40. The molecular formula is C10H14Si. The summed E-state index contributed by atoms with van der Waals surface area (Å²) in [4.78, 5) is 0. The smallest absolute Gasteiger partial charge is 0.0676 e. The van der Waals surface area contributed by atoms with Gasteiger partial charge in [0.25, 0.3) is 0 Å². The Morgan fingerprint density at radius 2 is 1.45 bits per heavy atom. The van der Waals surface area contributed by atoms with Crippen molar-refractivity contribution >= 4 is 13.6 Å². The summed E-state index contributed by atoms with van der Waals surface area (Å²) in [5.74, 6) is 0.